The van der Waals surface area contributed by atoms with E-state index in [4.69, 9.17) is 5.73 Å². The van der Waals surface area contributed by atoms with Gasteiger partial charge in [-0.3, -0.25) is 4.79 Å². The smallest absolute Gasteiger partial charge is 0.224 e. The summed E-state index contributed by atoms with van der Waals surface area (Å²) in [6, 6.07) is -0.0623. The number of hydrogen-bond acceptors (Lipinski definition) is 3. The molecule has 1 aliphatic rings. The van der Waals surface area contributed by atoms with Crippen LogP contribution in [-0.4, -0.2) is 40.4 Å². The van der Waals surface area contributed by atoms with Crippen molar-refractivity contribution in [3.05, 3.63) is 0 Å². The lowest BCUT2D eigenvalue weighted by Crippen LogP contribution is -2.48. The van der Waals surface area contributed by atoms with Crippen LogP contribution in [0.2, 0.25) is 0 Å². The van der Waals surface area contributed by atoms with Gasteiger partial charge in [0.25, 0.3) is 0 Å². The van der Waals surface area contributed by atoms with Gasteiger partial charge >= 0.3 is 0 Å². The number of carbonyl (C=O) groups excluding carboxylic acids is 1. The van der Waals surface area contributed by atoms with E-state index in [1.165, 1.54) is 0 Å². The van der Waals surface area contributed by atoms with Gasteiger partial charge in [0.15, 0.2) is 0 Å². The summed E-state index contributed by atoms with van der Waals surface area (Å²) in [5.74, 6) is 1.24. The van der Waals surface area contributed by atoms with E-state index in [0.29, 0.717) is 6.42 Å². The summed E-state index contributed by atoms with van der Waals surface area (Å²) in [4.78, 5) is 14.2. The number of rotatable bonds is 2. The summed E-state index contributed by atoms with van der Waals surface area (Å²) in [6.45, 7) is 12.3. The van der Waals surface area contributed by atoms with E-state index in [0.717, 1.165) is 18.8 Å². The monoisotopic (exact) mass is 258 g/mol. The first-order valence-corrected chi connectivity index (χ1v) is 7.28. The summed E-state index contributed by atoms with van der Waals surface area (Å²) < 4.78 is 0.180. The number of thioether (sulfide) groups is 1. The molecule has 17 heavy (non-hydrogen) atoms. The average Bonchev–Trinajstić information content (AvgIpc) is 2.14. The van der Waals surface area contributed by atoms with Crippen LogP contribution in [0.25, 0.3) is 0 Å². The van der Waals surface area contributed by atoms with Gasteiger partial charge in [-0.1, -0.05) is 20.8 Å². The van der Waals surface area contributed by atoms with Crippen LogP contribution in [-0.2, 0) is 4.79 Å². The van der Waals surface area contributed by atoms with E-state index in [2.05, 4.69) is 34.6 Å². The minimum absolute atomic E-state index is 0.00425. The fraction of sp³-hybridized carbons (Fsp3) is 0.923. The maximum absolute atomic E-state index is 12.2. The summed E-state index contributed by atoms with van der Waals surface area (Å²) in [5.41, 5.74) is 6.07. The van der Waals surface area contributed by atoms with Crippen LogP contribution in [0, 0.1) is 5.41 Å². The van der Waals surface area contributed by atoms with Crippen LogP contribution in [0.5, 0.6) is 0 Å². The largest absolute Gasteiger partial charge is 0.340 e. The van der Waals surface area contributed by atoms with Crippen molar-refractivity contribution in [3.63, 3.8) is 0 Å². The van der Waals surface area contributed by atoms with Crippen LogP contribution in [0.1, 0.15) is 41.0 Å². The third kappa shape index (κ3) is 4.51. The number of amides is 1. The van der Waals surface area contributed by atoms with Gasteiger partial charge < -0.3 is 10.6 Å². The predicted octanol–water partition coefficient (Wildman–Crippen LogP) is 2.10. The van der Waals surface area contributed by atoms with Crippen LogP contribution < -0.4 is 5.73 Å². The van der Waals surface area contributed by atoms with Gasteiger partial charge in [-0.25, -0.2) is 0 Å². The molecular weight excluding hydrogens is 232 g/mol. The zero-order chi connectivity index (χ0) is 13.3. The van der Waals surface area contributed by atoms with Crippen molar-refractivity contribution in [1.82, 2.24) is 4.90 Å². The van der Waals surface area contributed by atoms with Crippen LogP contribution in [0.15, 0.2) is 0 Å². The number of carbonyl (C=O) groups is 1. The van der Waals surface area contributed by atoms with Gasteiger partial charge in [0.2, 0.25) is 5.91 Å². The predicted molar refractivity (Wildman–Crippen MR) is 75.2 cm³/mol. The van der Waals surface area contributed by atoms with E-state index in [1.807, 2.05) is 16.7 Å². The quantitative estimate of drug-likeness (QED) is 0.825. The van der Waals surface area contributed by atoms with Gasteiger partial charge in [-0.05, 0) is 19.3 Å². The summed E-state index contributed by atoms with van der Waals surface area (Å²) >= 11 is 1.94. The highest BCUT2D eigenvalue weighted by molar-refractivity contribution is 8.00. The Kier molecular flexibility index (Phi) is 4.53. The molecule has 1 fully saturated rings. The van der Waals surface area contributed by atoms with Crippen LogP contribution >= 0.6 is 11.8 Å². The Morgan fingerprint density at radius 3 is 2.53 bits per heavy atom. The second kappa shape index (κ2) is 5.19. The van der Waals surface area contributed by atoms with Gasteiger partial charge in [0, 0.05) is 36.1 Å². The van der Waals surface area contributed by atoms with Gasteiger partial charge in [-0.2, -0.15) is 11.8 Å². The molecule has 0 aromatic rings. The van der Waals surface area contributed by atoms with Crippen molar-refractivity contribution in [2.24, 2.45) is 11.1 Å². The minimum atomic E-state index is -0.0623. The lowest BCUT2D eigenvalue weighted by molar-refractivity contribution is -0.132. The maximum atomic E-state index is 12.2. The molecule has 4 heteroatoms. The first-order valence-electron chi connectivity index (χ1n) is 6.29. The molecule has 2 N–H and O–H groups in total. The molecular formula is C13H26N2OS. The molecule has 0 radical (unpaired) electrons. The van der Waals surface area contributed by atoms with Crippen molar-refractivity contribution in [2.75, 3.05) is 18.8 Å². The SMILES string of the molecule is CC1(C)CN(C(=O)CC(N)C(C)(C)C)CCS1. The molecule has 3 nitrogen and oxygen atoms in total. The molecule has 100 valence electrons. The molecule has 0 spiro atoms. The van der Waals surface area contributed by atoms with Gasteiger partial charge in [0.1, 0.15) is 0 Å². The average molecular weight is 258 g/mol. The fourth-order valence-electron chi connectivity index (χ4n) is 1.85. The lowest BCUT2D eigenvalue weighted by atomic mass is 9.85. The summed E-state index contributed by atoms with van der Waals surface area (Å²) in [6.07, 6.45) is 0.463. The number of nitrogens with zero attached hydrogens (tertiary/aromatic N) is 1. The van der Waals surface area contributed by atoms with E-state index in [-0.39, 0.29) is 22.1 Å². The molecule has 0 bridgehead atoms. The fourth-order valence-corrected chi connectivity index (χ4v) is 2.96. The molecule has 1 saturated heterocycles. The van der Waals surface area contributed by atoms with Crippen molar-refractivity contribution in [1.29, 1.82) is 0 Å². The van der Waals surface area contributed by atoms with E-state index in [9.17, 15) is 4.79 Å². The molecule has 0 aliphatic carbocycles. The van der Waals surface area contributed by atoms with Crippen LogP contribution in [0.3, 0.4) is 0 Å². The Morgan fingerprint density at radius 1 is 1.47 bits per heavy atom. The molecule has 1 rings (SSSR count). The van der Waals surface area contributed by atoms with E-state index < -0.39 is 0 Å². The summed E-state index contributed by atoms with van der Waals surface area (Å²) in [5, 5.41) is 0. The van der Waals surface area contributed by atoms with Crippen molar-refractivity contribution in [2.45, 2.75) is 51.8 Å². The van der Waals surface area contributed by atoms with E-state index >= 15 is 0 Å². The molecule has 1 heterocycles. The summed E-state index contributed by atoms with van der Waals surface area (Å²) in [7, 11) is 0. The first kappa shape index (κ1) is 14.8. The molecule has 1 amide bonds. The topological polar surface area (TPSA) is 46.3 Å². The molecule has 0 aromatic carbocycles. The Bertz CT molecular complexity index is 284. The Balaban J connectivity index is 2.53. The van der Waals surface area contributed by atoms with Crippen molar-refractivity contribution >= 4 is 17.7 Å². The Morgan fingerprint density at radius 2 is 2.06 bits per heavy atom. The third-order valence-electron chi connectivity index (χ3n) is 3.29. The molecule has 0 saturated carbocycles. The highest BCUT2D eigenvalue weighted by atomic mass is 32.2. The highest BCUT2D eigenvalue weighted by Crippen LogP contribution is 2.30. The second-order valence-electron chi connectivity index (χ2n) is 6.60. The number of hydrogen-bond donors (Lipinski definition) is 1. The molecule has 1 unspecified atom stereocenters. The normalized spacial score (nSPS) is 22.4. The molecule has 0 aromatic heterocycles. The lowest BCUT2D eigenvalue weighted by Gasteiger charge is -2.38. The zero-order valence-corrected chi connectivity index (χ0v) is 12.6. The van der Waals surface area contributed by atoms with E-state index in [1.54, 1.807) is 0 Å². The zero-order valence-electron chi connectivity index (χ0n) is 11.7. The first-order chi connectivity index (χ1) is 7.62. The molecule has 1 atom stereocenters. The standard InChI is InChI=1S/C13H26N2OS/c1-12(2,3)10(14)8-11(16)15-6-7-17-13(4,5)9-15/h10H,6-9,14H2,1-5H3. The second-order valence-corrected chi connectivity index (χ2v) is 8.40. The van der Waals surface area contributed by atoms with Gasteiger partial charge in [0.05, 0.1) is 0 Å². The minimum Gasteiger partial charge on any atom is -0.340 e. The Labute approximate surface area is 109 Å². The number of nitrogens with two attached hydrogens (primary N) is 1. The molecule has 1 aliphatic heterocycles. The highest BCUT2D eigenvalue weighted by Gasteiger charge is 2.31. The van der Waals surface area contributed by atoms with Gasteiger partial charge in [-0.15, -0.1) is 0 Å². The Hall–Kier alpha value is -0.220. The van der Waals surface area contributed by atoms with Crippen molar-refractivity contribution < 1.29 is 4.79 Å². The maximum Gasteiger partial charge on any atom is 0.224 e. The van der Waals surface area contributed by atoms with Crippen molar-refractivity contribution in [3.8, 4) is 0 Å². The van der Waals surface area contributed by atoms with Crippen LogP contribution in [0.4, 0.5) is 0 Å². The third-order valence-corrected chi connectivity index (χ3v) is 4.58.